The van der Waals surface area contributed by atoms with Gasteiger partial charge in [0.2, 0.25) is 0 Å². The van der Waals surface area contributed by atoms with Gasteiger partial charge in [0.1, 0.15) is 0 Å². The highest BCUT2D eigenvalue weighted by molar-refractivity contribution is 8.00. The van der Waals surface area contributed by atoms with Crippen LogP contribution >= 0.6 is 0 Å². The molecule has 0 aliphatic heterocycles. The van der Waals surface area contributed by atoms with Crippen molar-refractivity contribution >= 4 is 20.2 Å². The molecule has 0 aromatic carbocycles. The predicted molar refractivity (Wildman–Crippen MR) is 79.8 cm³/mol. The van der Waals surface area contributed by atoms with E-state index in [1.807, 2.05) is 0 Å². The maximum atomic E-state index is 12.6. The molecule has 0 aromatic heterocycles. The molecule has 0 saturated carbocycles. The molecule has 0 radical (unpaired) electrons. The second-order valence-corrected chi connectivity index (χ2v) is 8.66. The summed E-state index contributed by atoms with van der Waals surface area (Å²) in [5.74, 6) is -4.07. The topological polar surface area (TPSA) is 85.3 Å². The lowest BCUT2D eigenvalue weighted by atomic mass is 10.1. The first-order valence-electron chi connectivity index (χ1n) is 6.88. The summed E-state index contributed by atoms with van der Waals surface area (Å²) < 4.78 is 83.9. The zero-order valence-corrected chi connectivity index (χ0v) is 15.1. The van der Waals surface area contributed by atoms with Crippen molar-refractivity contribution in [3.63, 3.8) is 0 Å². The molecule has 23 heavy (non-hydrogen) atoms. The van der Waals surface area contributed by atoms with Crippen LogP contribution in [0.5, 0.6) is 0 Å². The second-order valence-electron chi connectivity index (χ2n) is 5.19. The third-order valence-electron chi connectivity index (χ3n) is 3.21. The molecule has 0 heterocycles. The normalized spacial score (nSPS) is 16.8. The average molecular weight is 384 g/mol. The van der Waals surface area contributed by atoms with E-state index in [-0.39, 0.29) is 12.5 Å². The number of hydrogen-bond donors (Lipinski definition) is 0. The molecule has 0 fully saturated rings. The number of halogens is 3. The first-order valence-corrected chi connectivity index (χ1v) is 9.78. The van der Waals surface area contributed by atoms with Gasteiger partial charge in [-0.15, -0.1) is 0 Å². The van der Waals surface area contributed by atoms with Gasteiger partial charge in [-0.1, -0.05) is 22.0 Å². The molecule has 0 aromatic rings. The van der Waals surface area contributed by atoms with Crippen molar-refractivity contribution in [3.05, 3.63) is 0 Å². The van der Waals surface area contributed by atoms with Gasteiger partial charge in [0.15, 0.2) is 0 Å². The van der Waals surface area contributed by atoms with Crippen LogP contribution in [0, 0.1) is 5.92 Å². The fourth-order valence-corrected chi connectivity index (χ4v) is 4.44. The van der Waals surface area contributed by atoms with E-state index in [0.29, 0.717) is 19.4 Å². The van der Waals surface area contributed by atoms with E-state index >= 15 is 0 Å². The highest BCUT2D eigenvalue weighted by Crippen LogP contribution is 2.21. The Balaban J connectivity index is 5.59. The fourth-order valence-electron chi connectivity index (χ4n) is 1.62. The summed E-state index contributed by atoms with van der Waals surface area (Å²) in [6, 6.07) is -0.618. The molecule has 140 valence electrons. The minimum Gasteiger partial charge on any atom is -0.385 e. The van der Waals surface area contributed by atoms with Gasteiger partial charge in [-0.3, -0.25) is 0 Å². The van der Waals surface area contributed by atoms with Crippen LogP contribution in [0.4, 0.5) is 13.3 Å². The quantitative estimate of drug-likeness (QED) is 0.511. The standard InChI is InChI=1S/C11H23F3N2O5S2/c1-9(2)10(3)16(7-5-6-8-20-4)23(18,19)15-22(17,21-14)11(12)13/h9-11H,5-8H2,1-4H3. The van der Waals surface area contributed by atoms with Gasteiger partial charge in [0, 0.05) is 26.3 Å². The Labute approximate surface area is 135 Å². The van der Waals surface area contributed by atoms with E-state index in [2.05, 4.69) is 8.16 Å². The number of alkyl halides is 2. The molecule has 2 atom stereocenters. The first kappa shape index (κ1) is 22.6. The van der Waals surface area contributed by atoms with E-state index in [4.69, 9.17) is 4.74 Å². The lowest BCUT2D eigenvalue weighted by Gasteiger charge is -2.29. The molecule has 0 saturated heterocycles. The molecule has 0 N–H and O–H groups in total. The molecule has 0 amide bonds. The number of ether oxygens (including phenoxy) is 1. The van der Waals surface area contributed by atoms with Crippen LogP contribution in [0.2, 0.25) is 0 Å². The number of unbranched alkanes of at least 4 members (excludes halogenated alkanes) is 1. The molecule has 12 heteroatoms. The van der Waals surface area contributed by atoms with Crippen molar-refractivity contribution in [1.82, 2.24) is 4.31 Å². The van der Waals surface area contributed by atoms with Crippen LogP contribution in [-0.2, 0) is 29.3 Å². The van der Waals surface area contributed by atoms with Gasteiger partial charge in [0.25, 0.3) is 10.0 Å². The molecule has 0 rings (SSSR count). The van der Waals surface area contributed by atoms with Crippen molar-refractivity contribution in [3.8, 4) is 0 Å². The maximum Gasteiger partial charge on any atom is 0.346 e. The number of methoxy groups -OCH3 is 1. The molecule has 0 aliphatic rings. The molecular formula is C11H23F3N2O5S2. The second kappa shape index (κ2) is 9.77. The molecular weight excluding hydrogens is 361 g/mol. The van der Waals surface area contributed by atoms with E-state index in [1.165, 1.54) is 7.11 Å². The third kappa shape index (κ3) is 6.91. The Morgan fingerprint density at radius 2 is 1.70 bits per heavy atom. The smallest absolute Gasteiger partial charge is 0.346 e. The van der Waals surface area contributed by atoms with Crippen LogP contribution in [0.3, 0.4) is 0 Å². The number of rotatable bonds is 11. The average Bonchev–Trinajstić information content (AvgIpc) is 2.45. The lowest BCUT2D eigenvalue weighted by Crippen LogP contribution is -2.41. The van der Waals surface area contributed by atoms with Gasteiger partial charge in [-0.2, -0.15) is 21.5 Å². The number of hydrogen-bond acceptors (Lipinski definition) is 5. The molecule has 0 bridgehead atoms. The van der Waals surface area contributed by atoms with Crippen molar-refractivity contribution in [1.29, 1.82) is 0 Å². The lowest BCUT2D eigenvalue weighted by molar-refractivity contribution is -0.000830. The van der Waals surface area contributed by atoms with E-state index in [1.54, 1.807) is 20.8 Å². The summed E-state index contributed by atoms with van der Waals surface area (Å²) in [5.41, 5.74) is 0. The van der Waals surface area contributed by atoms with Crippen LogP contribution in [0.1, 0.15) is 33.6 Å². The fraction of sp³-hybridized carbons (Fsp3) is 1.00. The first-order chi connectivity index (χ1) is 10.5. The SMILES string of the molecule is COCCCCN(C(C)C(C)C)S(=O)(=O)N=S(=O)(OF)C(F)F. The Bertz CT molecular complexity index is 562. The van der Waals surface area contributed by atoms with Crippen molar-refractivity contribution in [2.45, 2.75) is 45.4 Å². The van der Waals surface area contributed by atoms with Gasteiger partial charge in [-0.25, -0.2) is 4.21 Å². The van der Waals surface area contributed by atoms with Gasteiger partial charge >= 0.3 is 16.0 Å². The minimum absolute atomic E-state index is 0.0560. The Morgan fingerprint density at radius 1 is 1.13 bits per heavy atom. The molecule has 0 spiro atoms. The summed E-state index contributed by atoms with van der Waals surface area (Å²) in [7, 11) is -8.56. The zero-order chi connectivity index (χ0) is 18.3. The third-order valence-corrected chi connectivity index (χ3v) is 6.53. The van der Waals surface area contributed by atoms with Gasteiger partial charge < -0.3 is 4.74 Å². The van der Waals surface area contributed by atoms with E-state index in [9.17, 15) is 25.9 Å². The monoisotopic (exact) mass is 384 g/mol. The molecule has 0 aliphatic carbocycles. The van der Waals surface area contributed by atoms with Crippen LogP contribution < -0.4 is 0 Å². The van der Waals surface area contributed by atoms with E-state index in [0.717, 1.165) is 4.31 Å². The summed E-state index contributed by atoms with van der Waals surface area (Å²) >= 11 is 0. The van der Waals surface area contributed by atoms with Gasteiger partial charge in [0.05, 0.1) is 0 Å². The Morgan fingerprint density at radius 3 is 2.09 bits per heavy atom. The Kier molecular flexibility index (Phi) is 9.58. The van der Waals surface area contributed by atoms with Gasteiger partial charge in [-0.05, 0) is 30.2 Å². The Hall–Kier alpha value is -0.430. The predicted octanol–water partition coefficient (Wildman–Crippen LogP) is 2.51. The highest BCUT2D eigenvalue weighted by atomic mass is 32.3. The van der Waals surface area contributed by atoms with Crippen molar-refractivity contribution < 1.29 is 35.1 Å². The summed E-state index contributed by atoms with van der Waals surface area (Å²) in [4.78, 5) is 0. The summed E-state index contributed by atoms with van der Waals surface area (Å²) in [5, 5.41) is 0. The maximum absolute atomic E-state index is 12.6. The number of nitrogens with zero attached hydrogens (tertiary/aromatic N) is 2. The highest BCUT2D eigenvalue weighted by Gasteiger charge is 2.34. The summed E-state index contributed by atoms with van der Waals surface area (Å²) in [6.07, 6.45) is 0.892. The molecule has 7 nitrogen and oxygen atoms in total. The molecule has 2 unspecified atom stereocenters. The largest absolute Gasteiger partial charge is 0.385 e. The zero-order valence-electron chi connectivity index (χ0n) is 13.4. The van der Waals surface area contributed by atoms with Crippen molar-refractivity contribution in [2.75, 3.05) is 20.3 Å². The van der Waals surface area contributed by atoms with Crippen LogP contribution in [-0.4, -0.2) is 49.0 Å². The van der Waals surface area contributed by atoms with Crippen LogP contribution in [0.15, 0.2) is 3.77 Å². The summed E-state index contributed by atoms with van der Waals surface area (Å²) in [6.45, 7) is 5.33. The van der Waals surface area contributed by atoms with E-state index < -0.39 is 32.0 Å². The van der Waals surface area contributed by atoms with Crippen LogP contribution in [0.25, 0.3) is 0 Å². The minimum atomic E-state index is -5.27. The van der Waals surface area contributed by atoms with Crippen molar-refractivity contribution in [2.24, 2.45) is 9.69 Å².